The van der Waals surface area contributed by atoms with E-state index in [-0.39, 0.29) is 12.8 Å². The molecule has 0 bridgehead atoms. The fourth-order valence-electron chi connectivity index (χ4n) is 1.82. The van der Waals surface area contributed by atoms with Gasteiger partial charge in [0.2, 0.25) is 0 Å². The van der Waals surface area contributed by atoms with Gasteiger partial charge in [0.25, 0.3) is 0 Å². The van der Waals surface area contributed by atoms with Crippen LogP contribution in [0.3, 0.4) is 0 Å². The van der Waals surface area contributed by atoms with Gasteiger partial charge in [-0.25, -0.2) is 0 Å². The maximum atomic E-state index is 11.4. The molecule has 0 heterocycles. The van der Waals surface area contributed by atoms with E-state index in [0.29, 0.717) is 13.1 Å². The molecule has 0 radical (unpaired) electrons. The maximum absolute atomic E-state index is 11.4. The first-order valence-electron chi connectivity index (χ1n) is 8.55. The molecule has 0 aromatic heterocycles. The first kappa shape index (κ1) is 20.9. The van der Waals surface area contributed by atoms with Gasteiger partial charge in [0.15, 0.2) is 0 Å². The number of carbonyl (C=O) groups is 2. The van der Waals surface area contributed by atoms with Crippen LogP contribution in [-0.4, -0.2) is 25.0 Å². The minimum Gasteiger partial charge on any atom is -0.371 e. The number of hydrogen-bond donors (Lipinski definition) is 2. The van der Waals surface area contributed by atoms with Crippen molar-refractivity contribution in [3.05, 3.63) is 0 Å². The molecule has 0 aromatic rings. The number of hydroxylamine groups is 2. The maximum Gasteiger partial charge on any atom is 0.325 e. The molecule has 0 aliphatic rings. The lowest BCUT2D eigenvalue weighted by Gasteiger charge is -2.06. The summed E-state index contributed by atoms with van der Waals surface area (Å²) in [6.07, 6.45) is 8.98. The van der Waals surface area contributed by atoms with Crippen molar-refractivity contribution in [2.45, 2.75) is 78.1 Å². The van der Waals surface area contributed by atoms with Crippen LogP contribution in [0.15, 0.2) is 0 Å². The molecule has 2 N–H and O–H groups in total. The van der Waals surface area contributed by atoms with Crippen LogP contribution < -0.4 is 11.0 Å². The summed E-state index contributed by atoms with van der Waals surface area (Å²) < 4.78 is 0. The van der Waals surface area contributed by atoms with Crippen LogP contribution >= 0.6 is 0 Å². The Hall–Kier alpha value is -1.14. The lowest BCUT2D eigenvalue weighted by molar-refractivity contribution is -0.158. The fraction of sp³-hybridized carbons (Fsp3) is 0.875. The van der Waals surface area contributed by atoms with E-state index in [1.165, 1.54) is 25.7 Å². The molecule has 0 amide bonds. The monoisotopic (exact) mass is 316 g/mol. The second kappa shape index (κ2) is 16.2. The smallest absolute Gasteiger partial charge is 0.325 e. The van der Waals surface area contributed by atoms with Gasteiger partial charge in [0.1, 0.15) is 0 Å². The van der Waals surface area contributed by atoms with Crippen LogP contribution in [0.25, 0.3) is 0 Å². The average Bonchev–Trinajstić information content (AvgIpc) is 2.52. The van der Waals surface area contributed by atoms with Gasteiger partial charge in [-0.2, -0.15) is 11.0 Å². The SMILES string of the molecule is CCCCCCNOC(=O)CCC(=O)ONCCCCCC. The van der Waals surface area contributed by atoms with Crippen molar-refractivity contribution in [1.29, 1.82) is 0 Å². The summed E-state index contributed by atoms with van der Waals surface area (Å²) in [6, 6.07) is 0. The number of hydrogen-bond acceptors (Lipinski definition) is 6. The zero-order valence-corrected chi connectivity index (χ0v) is 14.1. The van der Waals surface area contributed by atoms with E-state index in [4.69, 9.17) is 9.68 Å². The molecule has 0 aromatic carbocycles. The summed E-state index contributed by atoms with van der Waals surface area (Å²) in [6.45, 7) is 5.59. The van der Waals surface area contributed by atoms with Crippen molar-refractivity contribution in [2.24, 2.45) is 0 Å². The number of nitrogens with one attached hydrogen (secondary N) is 2. The Bertz CT molecular complexity index is 257. The highest BCUT2D eigenvalue weighted by Gasteiger charge is 2.09. The zero-order valence-electron chi connectivity index (χ0n) is 14.1. The Morgan fingerprint density at radius 1 is 0.682 bits per heavy atom. The van der Waals surface area contributed by atoms with Crippen LogP contribution in [0.2, 0.25) is 0 Å². The largest absolute Gasteiger partial charge is 0.371 e. The van der Waals surface area contributed by atoms with Crippen molar-refractivity contribution in [3.8, 4) is 0 Å². The summed E-state index contributed by atoms with van der Waals surface area (Å²) in [5.41, 5.74) is 5.24. The normalized spacial score (nSPS) is 10.5. The molecule has 0 atom stereocenters. The van der Waals surface area contributed by atoms with E-state index in [9.17, 15) is 9.59 Å². The summed E-state index contributed by atoms with van der Waals surface area (Å²) >= 11 is 0. The van der Waals surface area contributed by atoms with E-state index < -0.39 is 11.9 Å². The quantitative estimate of drug-likeness (QED) is 0.357. The number of carbonyl (C=O) groups excluding carboxylic acids is 2. The molecule has 0 unspecified atom stereocenters. The molecule has 6 nitrogen and oxygen atoms in total. The van der Waals surface area contributed by atoms with E-state index >= 15 is 0 Å². The summed E-state index contributed by atoms with van der Waals surface area (Å²) in [4.78, 5) is 32.4. The van der Waals surface area contributed by atoms with Crippen molar-refractivity contribution < 1.29 is 19.3 Å². The van der Waals surface area contributed by atoms with Gasteiger partial charge in [-0.05, 0) is 12.8 Å². The lowest BCUT2D eigenvalue weighted by Crippen LogP contribution is -2.24. The van der Waals surface area contributed by atoms with Crippen molar-refractivity contribution >= 4 is 11.9 Å². The van der Waals surface area contributed by atoms with Gasteiger partial charge >= 0.3 is 11.9 Å². The molecule has 130 valence electrons. The Morgan fingerprint density at radius 2 is 1.09 bits per heavy atom. The topological polar surface area (TPSA) is 76.7 Å². The van der Waals surface area contributed by atoms with Crippen LogP contribution in [0.4, 0.5) is 0 Å². The summed E-state index contributed by atoms with van der Waals surface area (Å²) in [7, 11) is 0. The zero-order chi connectivity index (χ0) is 16.5. The third-order valence-corrected chi connectivity index (χ3v) is 3.17. The molecule has 0 saturated carbocycles. The van der Waals surface area contributed by atoms with Gasteiger partial charge in [-0.3, -0.25) is 9.59 Å². The predicted molar refractivity (Wildman–Crippen MR) is 85.7 cm³/mol. The lowest BCUT2D eigenvalue weighted by atomic mass is 10.2. The predicted octanol–water partition coefficient (Wildman–Crippen LogP) is 3.02. The number of rotatable bonds is 15. The highest BCUT2D eigenvalue weighted by molar-refractivity contribution is 5.77. The minimum atomic E-state index is -0.435. The molecule has 22 heavy (non-hydrogen) atoms. The Labute approximate surface area is 134 Å². The van der Waals surface area contributed by atoms with E-state index in [2.05, 4.69) is 24.8 Å². The van der Waals surface area contributed by atoms with Gasteiger partial charge in [0, 0.05) is 13.1 Å². The van der Waals surface area contributed by atoms with Crippen LogP contribution in [-0.2, 0) is 19.3 Å². The third kappa shape index (κ3) is 15.3. The second-order valence-electron chi connectivity index (χ2n) is 5.36. The van der Waals surface area contributed by atoms with Crippen LogP contribution in [0, 0.1) is 0 Å². The molecule has 0 rings (SSSR count). The van der Waals surface area contributed by atoms with Crippen LogP contribution in [0.5, 0.6) is 0 Å². The Balaban J connectivity index is 3.36. The first-order chi connectivity index (χ1) is 10.7. The van der Waals surface area contributed by atoms with E-state index in [1.54, 1.807) is 0 Å². The fourth-order valence-corrected chi connectivity index (χ4v) is 1.82. The van der Waals surface area contributed by atoms with Gasteiger partial charge in [-0.1, -0.05) is 52.4 Å². The molecular formula is C16H32N2O4. The minimum absolute atomic E-state index is 0.0261. The second-order valence-corrected chi connectivity index (χ2v) is 5.36. The molecule has 6 heteroatoms. The van der Waals surface area contributed by atoms with Gasteiger partial charge in [-0.15, -0.1) is 0 Å². The average molecular weight is 316 g/mol. The summed E-state index contributed by atoms with van der Waals surface area (Å²) in [5, 5.41) is 0. The Morgan fingerprint density at radius 3 is 1.45 bits per heavy atom. The van der Waals surface area contributed by atoms with Crippen molar-refractivity contribution in [2.75, 3.05) is 13.1 Å². The van der Waals surface area contributed by atoms with E-state index in [0.717, 1.165) is 25.7 Å². The molecule has 0 aliphatic carbocycles. The third-order valence-electron chi connectivity index (χ3n) is 3.17. The van der Waals surface area contributed by atoms with Gasteiger partial charge in [0.05, 0.1) is 12.8 Å². The van der Waals surface area contributed by atoms with Crippen LogP contribution in [0.1, 0.15) is 78.1 Å². The molecular weight excluding hydrogens is 284 g/mol. The molecule has 0 saturated heterocycles. The first-order valence-corrected chi connectivity index (χ1v) is 8.55. The van der Waals surface area contributed by atoms with Crippen molar-refractivity contribution in [1.82, 2.24) is 11.0 Å². The molecule has 0 aliphatic heterocycles. The molecule has 0 spiro atoms. The van der Waals surface area contributed by atoms with Gasteiger partial charge < -0.3 is 9.68 Å². The standard InChI is InChI=1S/C16H32N2O4/c1-3-5-7-9-13-17-21-15(19)11-12-16(20)22-18-14-10-8-6-4-2/h17-18H,3-14H2,1-2H3. The summed E-state index contributed by atoms with van der Waals surface area (Å²) in [5.74, 6) is -0.870. The molecule has 0 fully saturated rings. The Kier molecular flexibility index (Phi) is 15.4. The van der Waals surface area contributed by atoms with Crippen molar-refractivity contribution in [3.63, 3.8) is 0 Å². The highest BCUT2D eigenvalue weighted by Crippen LogP contribution is 1.99. The van der Waals surface area contributed by atoms with E-state index in [1.807, 2.05) is 0 Å². The number of unbranched alkanes of at least 4 members (excludes halogenated alkanes) is 6. The highest BCUT2D eigenvalue weighted by atomic mass is 16.7.